The van der Waals surface area contributed by atoms with Gasteiger partial charge in [-0.1, -0.05) is 48.5 Å². The Bertz CT molecular complexity index is 1470. The Hall–Kier alpha value is -4.40. The van der Waals surface area contributed by atoms with Crippen molar-refractivity contribution in [3.63, 3.8) is 0 Å². The highest BCUT2D eigenvalue weighted by Crippen LogP contribution is 2.38. The number of hydrogen-bond acceptors (Lipinski definition) is 8. The van der Waals surface area contributed by atoms with Crippen LogP contribution in [0.1, 0.15) is 0 Å². The molecule has 4 aromatic heterocycles. The molecule has 0 unspecified atom stereocenters. The van der Waals surface area contributed by atoms with Crippen LogP contribution in [-0.2, 0) is 0 Å². The van der Waals surface area contributed by atoms with Gasteiger partial charge in [0.1, 0.15) is 11.4 Å². The quantitative estimate of drug-likeness (QED) is 0.230. The van der Waals surface area contributed by atoms with Crippen LogP contribution in [0.2, 0.25) is 0 Å². The SMILES string of the molecule is c1ccc(-c2csc(Nc3ccccc3-c3ccccc3Nc3nc(-c4ccccn4)cs3)n2)nc1. The fraction of sp³-hybridized carbons (Fsp3) is 0. The van der Waals surface area contributed by atoms with E-state index in [1.807, 2.05) is 71.4 Å². The summed E-state index contributed by atoms with van der Waals surface area (Å²) in [5, 5.41) is 12.7. The third-order valence-electron chi connectivity index (χ3n) is 5.49. The maximum Gasteiger partial charge on any atom is 0.187 e. The van der Waals surface area contributed by atoms with Crippen molar-refractivity contribution < 1.29 is 0 Å². The number of thiazole rings is 2. The molecule has 6 rings (SSSR count). The molecule has 0 saturated carbocycles. The van der Waals surface area contributed by atoms with Gasteiger partial charge in [-0.05, 0) is 36.4 Å². The van der Waals surface area contributed by atoms with Crippen LogP contribution >= 0.6 is 22.7 Å². The molecule has 0 spiro atoms. The zero-order valence-electron chi connectivity index (χ0n) is 19.0. The summed E-state index contributed by atoms with van der Waals surface area (Å²) in [6.45, 7) is 0. The first-order valence-electron chi connectivity index (χ1n) is 11.3. The second-order valence-corrected chi connectivity index (χ2v) is 9.56. The molecule has 0 atom stereocenters. The van der Waals surface area contributed by atoms with Crippen LogP contribution in [0.4, 0.5) is 21.6 Å². The van der Waals surface area contributed by atoms with Gasteiger partial charge in [-0.15, -0.1) is 22.7 Å². The fourth-order valence-electron chi connectivity index (χ4n) is 3.81. The summed E-state index contributed by atoms with van der Waals surface area (Å²) in [6, 6.07) is 28.2. The zero-order chi connectivity index (χ0) is 24.2. The molecule has 174 valence electrons. The van der Waals surface area contributed by atoms with Crippen LogP contribution in [0, 0.1) is 0 Å². The molecule has 0 aliphatic carbocycles. The topological polar surface area (TPSA) is 75.6 Å². The summed E-state index contributed by atoms with van der Waals surface area (Å²) >= 11 is 3.12. The third-order valence-corrected chi connectivity index (χ3v) is 7.01. The molecule has 36 heavy (non-hydrogen) atoms. The molecule has 2 N–H and O–H groups in total. The van der Waals surface area contributed by atoms with Crippen molar-refractivity contribution in [1.29, 1.82) is 0 Å². The van der Waals surface area contributed by atoms with E-state index in [1.54, 1.807) is 35.1 Å². The Labute approximate surface area is 216 Å². The first kappa shape index (κ1) is 22.1. The van der Waals surface area contributed by atoms with Crippen LogP contribution in [0.5, 0.6) is 0 Å². The van der Waals surface area contributed by atoms with Crippen LogP contribution in [-0.4, -0.2) is 19.9 Å². The monoisotopic (exact) mass is 504 g/mol. The molecule has 6 aromatic rings. The molecule has 6 nitrogen and oxygen atoms in total. The van der Waals surface area contributed by atoms with Crippen LogP contribution in [0.25, 0.3) is 33.9 Å². The number of nitrogens with one attached hydrogen (secondary N) is 2. The van der Waals surface area contributed by atoms with Crippen molar-refractivity contribution in [2.45, 2.75) is 0 Å². The number of pyridine rings is 2. The summed E-state index contributed by atoms with van der Waals surface area (Å²) in [6.07, 6.45) is 3.56. The fourth-order valence-corrected chi connectivity index (χ4v) is 5.24. The van der Waals surface area contributed by atoms with E-state index in [-0.39, 0.29) is 0 Å². The number of rotatable bonds is 7. The Balaban J connectivity index is 1.28. The molecular weight excluding hydrogens is 484 g/mol. The predicted molar refractivity (Wildman–Crippen MR) is 149 cm³/mol. The maximum atomic E-state index is 4.75. The minimum absolute atomic E-state index is 0.813. The van der Waals surface area contributed by atoms with E-state index in [4.69, 9.17) is 9.97 Å². The van der Waals surface area contributed by atoms with Gasteiger partial charge < -0.3 is 10.6 Å². The van der Waals surface area contributed by atoms with Gasteiger partial charge in [0.05, 0.1) is 11.4 Å². The van der Waals surface area contributed by atoms with Gasteiger partial charge in [0, 0.05) is 45.7 Å². The van der Waals surface area contributed by atoms with Crippen molar-refractivity contribution in [1.82, 2.24) is 19.9 Å². The molecule has 0 radical (unpaired) electrons. The third kappa shape index (κ3) is 4.72. The van der Waals surface area contributed by atoms with Crippen molar-refractivity contribution in [2.24, 2.45) is 0 Å². The number of nitrogens with zero attached hydrogens (tertiary/aromatic N) is 4. The van der Waals surface area contributed by atoms with Crippen molar-refractivity contribution in [2.75, 3.05) is 10.6 Å². The van der Waals surface area contributed by atoms with Gasteiger partial charge in [0.25, 0.3) is 0 Å². The van der Waals surface area contributed by atoms with Gasteiger partial charge in [-0.2, -0.15) is 0 Å². The van der Waals surface area contributed by atoms with Crippen LogP contribution < -0.4 is 10.6 Å². The largest absolute Gasteiger partial charge is 0.331 e. The van der Waals surface area contributed by atoms with Crippen molar-refractivity contribution in [3.8, 4) is 33.9 Å². The van der Waals surface area contributed by atoms with Crippen molar-refractivity contribution in [3.05, 3.63) is 108 Å². The van der Waals surface area contributed by atoms with Gasteiger partial charge in [-0.3, -0.25) is 9.97 Å². The Kier molecular flexibility index (Phi) is 6.18. The Morgan fingerprint density at radius 1 is 0.472 bits per heavy atom. The van der Waals surface area contributed by atoms with E-state index in [2.05, 4.69) is 44.9 Å². The summed E-state index contributed by atoms with van der Waals surface area (Å²) in [7, 11) is 0. The summed E-state index contributed by atoms with van der Waals surface area (Å²) in [4.78, 5) is 18.3. The second-order valence-electron chi connectivity index (χ2n) is 7.85. The highest BCUT2D eigenvalue weighted by Gasteiger charge is 2.13. The van der Waals surface area contributed by atoms with E-state index in [0.717, 1.165) is 55.5 Å². The van der Waals surface area contributed by atoms with Crippen molar-refractivity contribution >= 4 is 44.3 Å². The smallest absolute Gasteiger partial charge is 0.187 e. The summed E-state index contributed by atoms with van der Waals surface area (Å²) in [5.74, 6) is 0. The van der Waals surface area contributed by atoms with E-state index in [0.29, 0.717) is 0 Å². The number of aromatic nitrogens is 4. The summed E-state index contributed by atoms with van der Waals surface area (Å²) in [5.41, 5.74) is 7.51. The van der Waals surface area contributed by atoms with E-state index in [1.165, 1.54) is 0 Å². The molecule has 0 fully saturated rings. The van der Waals surface area contributed by atoms with Gasteiger partial charge in [0.15, 0.2) is 10.3 Å². The number of para-hydroxylation sites is 2. The lowest BCUT2D eigenvalue weighted by molar-refractivity contribution is 1.28. The summed E-state index contributed by atoms with van der Waals surface area (Å²) < 4.78 is 0. The number of anilines is 4. The first-order chi connectivity index (χ1) is 17.8. The molecule has 4 heterocycles. The molecule has 0 amide bonds. The van der Waals surface area contributed by atoms with Gasteiger partial charge >= 0.3 is 0 Å². The highest BCUT2D eigenvalue weighted by atomic mass is 32.1. The minimum atomic E-state index is 0.813. The van der Waals surface area contributed by atoms with E-state index in [9.17, 15) is 0 Å². The minimum Gasteiger partial charge on any atom is -0.331 e. The van der Waals surface area contributed by atoms with Crippen LogP contribution in [0.3, 0.4) is 0 Å². The number of benzene rings is 2. The maximum absolute atomic E-state index is 4.75. The predicted octanol–water partition coefficient (Wildman–Crippen LogP) is 7.88. The highest BCUT2D eigenvalue weighted by molar-refractivity contribution is 7.14. The number of hydrogen-bond donors (Lipinski definition) is 2. The average molecular weight is 505 g/mol. The van der Waals surface area contributed by atoms with Crippen LogP contribution in [0.15, 0.2) is 108 Å². The molecule has 0 bridgehead atoms. The molecule has 0 aliphatic rings. The molecule has 0 aliphatic heterocycles. The van der Waals surface area contributed by atoms with Gasteiger partial charge in [-0.25, -0.2) is 9.97 Å². The normalized spacial score (nSPS) is 10.8. The lowest BCUT2D eigenvalue weighted by atomic mass is 10.0. The molecule has 8 heteroatoms. The Morgan fingerprint density at radius 3 is 1.36 bits per heavy atom. The standard InChI is InChI=1S/C28H20N6S2/c1-3-11-21(31-27-33-25(17-35-27)23-13-5-7-15-29-23)19(9-1)20-10-2-4-12-22(20)32-28-34-26(18-36-28)24-14-6-8-16-30-24/h1-18H,(H,31,33)(H,32,34). The average Bonchev–Trinajstić information content (AvgIpc) is 3.61. The second kappa shape index (κ2) is 10.1. The Morgan fingerprint density at radius 2 is 0.917 bits per heavy atom. The molecular formula is C28H20N6S2. The molecule has 2 aromatic carbocycles. The lowest BCUT2D eigenvalue weighted by Gasteiger charge is -2.14. The van der Waals surface area contributed by atoms with Gasteiger partial charge in [0.2, 0.25) is 0 Å². The van der Waals surface area contributed by atoms with E-state index < -0.39 is 0 Å². The first-order valence-corrected chi connectivity index (χ1v) is 13.1. The zero-order valence-corrected chi connectivity index (χ0v) is 20.6. The lowest BCUT2D eigenvalue weighted by Crippen LogP contribution is -1.97. The molecule has 0 saturated heterocycles. The van der Waals surface area contributed by atoms with E-state index >= 15 is 0 Å².